The van der Waals surface area contributed by atoms with Crippen LogP contribution in [0.4, 0.5) is 4.39 Å². The monoisotopic (exact) mass is 366 g/mol. The van der Waals surface area contributed by atoms with Crippen molar-refractivity contribution in [2.45, 2.75) is 44.9 Å². The van der Waals surface area contributed by atoms with Crippen molar-refractivity contribution < 1.29 is 4.39 Å². The number of imidazole rings is 1. The third-order valence-electron chi connectivity index (χ3n) is 5.23. The molecule has 0 unspecified atom stereocenters. The molecule has 27 heavy (non-hydrogen) atoms. The Labute approximate surface area is 160 Å². The second kappa shape index (κ2) is 8.33. The van der Waals surface area contributed by atoms with Crippen LogP contribution in [0.2, 0.25) is 0 Å². The first-order valence-corrected chi connectivity index (χ1v) is 9.42. The molecule has 1 heterocycles. The number of aliphatic imine (C=N–C) groups is 1. The van der Waals surface area contributed by atoms with Crippen molar-refractivity contribution in [3.05, 3.63) is 71.3 Å². The highest BCUT2D eigenvalue weighted by molar-refractivity contribution is 6.09. The van der Waals surface area contributed by atoms with Crippen LogP contribution >= 0.6 is 0 Å². The number of aryl methyl sites for hydroxylation is 2. The Balaban J connectivity index is 1.89. The van der Waals surface area contributed by atoms with Crippen molar-refractivity contribution in [3.8, 4) is 0 Å². The average Bonchev–Trinajstić information content (AvgIpc) is 3.02. The van der Waals surface area contributed by atoms with Gasteiger partial charge in [0.05, 0.1) is 12.0 Å². The number of allylic oxidation sites excluding steroid dienone is 2. The van der Waals surface area contributed by atoms with E-state index in [1.807, 2.05) is 23.9 Å². The molecule has 0 amide bonds. The van der Waals surface area contributed by atoms with Crippen LogP contribution in [-0.2, 0) is 19.9 Å². The lowest BCUT2D eigenvalue weighted by Crippen LogP contribution is -2.14. The van der Waals surface area contributed by atoms with E-state index >= 15 is 4.39 Å². The summed E-state index contributed by atoms with van der Waals surface area (Å²) in [7, 11) is 1.94. The lowest BCUT2D eigenvalue weighted by molar-refractivity contribution is 0.414. The second-order valence-electron chi connectivity index (χ2n) is 7.15. The summed E-state index contributed by atoms with van der Waals surface area (Å²) in [6.07, 6.45) is 11.8. The van der Waals surface area contributed by atoms with Gasteiger partial charge in [-0.05, 0) is 61.3 Å². The minimum Gasteiger partial charge on any atom is -0.384 e. The van der Waals surface area contributed by atoms with Crippen LogP contribution in [0.15, 0.2) is 48.1 Å². The van der Waals surface area contributed by atoms with Gasteiger partial charge in [-0.25, -0.2) is 14.4 Å². The molecule has 0 bridgehead atoms. The molecular formula is C22H27FN4. The fourth-order valence-corrected chi connectivity index (χ4v) is 3.39. The number of hydrogen-bond donors (Lipinski definition) is 1. The zero-order valence-electron chi connectivity index (χ0n) is 16.1. The van der Waals surface area contributed by atoms with Gasteiger partial charge < -0.3 is 10.3 Å². The highest BCUT2D eigenvalue weighted by Gasteiger charge is 2.25. The van der Waals surface area contributed by atoms with Crippen molar-refractivity contribution in [2.75, 3.05) is 0 Å². The molecule has 3 rings (SSSR count). The van der Waals surface area contributed by atoms with E-state index in [4.69, 9.17) is 5.73 Å². The van der Waals surface area contributed by atoms with Crippen LogP contribution in [0.25, 0.3) is 5.57 Å². The van der Waals surface area contributed by atoms with Gasteiger partial charge in [0.25, 0.3) is 0 Å². The Bertz CT molecular complexity index is 888. The van der Waals surface area contributed by atoms with Gasteiger partial charge in [-0.3, -0.25) is 0 Å². The Hall–Kier alpha value is -2.69. The van der Waals surface area contributed by atoms with E-state index in [0.29, 0.717) is 35.7 Å². The quantitative estimate of drug-likeness (QED) is 0.733. The predicted molar refractivity (Wildman–Crippen MR) is 109 cm³/mol. The smallest absolute Gasteiger partial charge is 0.134 e. The minimum atomic E-state index is -0.189. The molecule has 0 radical (unpaired) electrons. The molecule has 1 aromatic heterocycles. The highest BCUT2D eigenvalue weighted by atomic mass is 19.1. The number of aromatic nitrogens is 2. The summed E-state index contributed by atoms with van der Waals surface area (Å²) in [6.45, 7) is 5.78. The van der Waals surface area contributed by atoms with Gasteiger partial charge in [-0.1, -0.05) is 25.1 Å². The van der Waals surface area contributed by atoms with Crippen molar-refractivity contribution in [3.63, 3.8) is 0 Å². The number of halogens is 1. The lowest BCUT2D eigenvalue weighted by Gasteiger charge is -2.29. The number of hydrogen-bond acceptors (Lipinski definition) is 3. The van der Waals surface area contributed by atoms with Gasteiger partial charge in [0.15, 0.2) is 0 Å². The van der Waals surface area contributed by atoms with Crippen molar-refractivity contribution >= 4 is 11.8 Å². The third-order valence-corrected chi connectivity index (χ3v) is 5.23. The number of benzene rings is 1. The molecule has 0 spiro atoms. The number of rotatable bonds is 7. The number of nitrogens with zero attached hydrogens (tertiary/aromatic N) is 3. The summed E-state index contributed by atoms with van der Waals surface area (Å²) in [6, 6.07) is 3.89. The molecule has 142 valence electrons. The van der Waals surface area contributed by atoms with Crippen LogP contribution in [0.1, 0.15) is 54.5 Å². The standard InChI is InChI=1S/C22H27FN4/c1-4-21(24)25-12-15(2)18-10-11-19(16-6-5-7-16)20(22(18)23)9-8-17-13-27(3)14-26-17/h4,10-14,16H,2,5-9,24H2,1,3H3/b21-4-,25-12-. The maximum absolute atomic E-state index is 15.4. The van der Waals surface area contributed by atoms with Crippen LogP contribution in [0.3, 0.4) is 0 Å². The molecule has 1 aromatic carbocycles. The second-order valence-corrected chi connectivity index (χ2v) is 7.15. The minimum absolute atomic E-state index is 0.189. The van der Waals surface area contributed by atoms with E-state index < -0.39 is 0 Å². The zero-order chi connectivity index (χ0) is 19.4. The summed E-state index contributed by atoms with van der Waals surface area (Å²) in [5.74, 6) is 0.664. The molecular weight excluding hydrogens is 339 g/mol. The summed E-state index contributed by atoms with van der Waals surface area (Å²) < 4.78 is 17.3. The largest absolute Gasteiger partial charge is 0.384 e. The van der Waals surface area contributed by atoms with Crippen LogP contribution in [0.5, 0.6) is 0 Å². The SMILES string of the molecule is C=C(/C=N\C(N)=C/C)c1ccc(C2CCC2)c(CCc2cn(C)cn2)c1F. The Morgan fingerprint density at radius 1 is 1.41 bits per heavy atom. The Morgan fingerprint density at radius 3 is 2.78 bits per heavy atom. The Morgan fingerprint density at radius 2 is 2.19 bits per heavy atom. The van der Waals surface area contributed by atoms with Crippen molar-refractivity contribution in [2.24, 2.45) is 17.8 Å². The van der Waals surface area contributed by atoms with Gasteiger partial charge in [0, 0.05) is 25.0 Å². The van der Waals surface area contributed by atoms with Gasteiger partial charge in [-0.2, -0.15) is 0 Å². The fourth-order valence-electron chi connectivity index (χ4n) is 3.39. The summed E-state index contributed by atoms with van der Waals surface area (Å²) in [5, 5.41) is 0. The average molecular weight is 366 g/mol. The molecule has 1 saturated carbocycles. The molecule has 0 saturated heterocycles. The van der Waals surface area contributed by atoms with Gasteiger partial charge in [0.1, 0.15) is 11.6 Å². The van der Waals surface area contributed by atoms with E-state index in [-0.39, 0.29) is 5.82 Å². The summed E-state index contributed by atoms with van der Waals surface area (Å²) >= 11 is 0. The summed E-state index contributed by atoms with van der Waals surface area (Å²) in [4.78, 5) is 8.47. The van der Waals surface area contributed by atoms with Crippen molar-refractivity contribution in [1.82, 2.24) is 9.55 Å². The Kier molecular flexibility index (Phi) is 5.89. The van der Waals surface area contributed by atoms with E-state index in [1.165, 1.54) is 12.6 Å². The van der Waals surface area contributed by atoms with Crippen LogP contribution in [0, 0.1) is 5.82 Å². The highest BCUT2D eigenvalue weighted by Crippen LogP contribution is 2.40. The van der Waals surface area contributed by atoms with E-state index in [1.54, 1.807) is 19.3 Å². The third kappa shape index (κ3) is 4.35. The maximum Gasteiger partial charge on any atom is 0.134 e. The first-order valence-electron chi connectivity index (χ1n) is 9.42. The molecule has 1 fully saturated rings. The summed E-state index contributed by atoms with van der Waals surface area (Å²) in [5.41, 5.74) is 9.60. The normalized spacial score (nSPS) is 15.3. The molecule has 2 N–H and O–H groups in total. The lowest BCUT2D eigenvalue weighted by atomic mass is 9.76. The molecule has 1 aliphatic rings. The first-order chi connectivity index (χ1) is 13.0. The van der Waals surface area contributed by atoms with E-state index in [2.05, 4.69) is 22.6 Å². The van der Waals surface area contributed by atoms with Gasteiger partial charge in [-0.15, -0.1) is 0 Å². The molecule has 4 nitrogen and oxygen atoms in total. The van der Waals surface area contributed by atoms with Crippen molar-refractivity contribution in [1.29, 1.82) is 0 Å². The van der Waals surface area contributed by atoms with Gasteiger partial charge >= 0.3 is 0 Å². The molecule has 5 heteroatoms. The topological polar surface area (TPSA) is 56.2 Å². The van der Waals surface area contributed by atoms with Crippen LogP contribution < -0.4 is 5.73 Å². The maximum atomic E-state index is 15.4. The first kappa shape index (κ1) is 19.1. The predicted octanol–water partition coefficient (Wildman–Crippen LogP) is 4.52. The fraction of sp³-hybridized carbons (Fsp3) is 0.364. The van der Waals surface area contributed by atoms with E-state index in [9.17, 15) is 0 Å². The molecule has 2 aromatic rings. The number of nitrogens with two attached hydrogens (primary N) is 1. The molecule has 0 atom stereocenters. The molecule has 0 aliphatic heterocycles. The molecule has 1 aliphatic carbocycles. The van der Waals surface area contributed by atoms with Gasteiger partial charge in [0.2, 0.25) is 0 Å². The zero-order valence-corrected chi connectivity index (χ0v) is 16.1. The van der Waals surface area contributed by atoms with E-state index in [0.717, 1.165) is 29.7 Å². The van der Waals surface area contributed by atoms with Crippen LogP contribution in [-0.4, -0.2) is 15.8 Å².